The third-order valence-electron chi connectivity index (χ3n) is 2.59. The van der Waals surface area contributed by atoms with Crippen molar-refractivity contribution in [3.05, 3.63) is 35.4 Å². The van der Waals surface area contributed by atoms with E-state index in [0.717, 1.165) is 5.56 Å². The van der Waals surface area contributed by atoms with Gasteiger partial charge >= 0.3 is 11.9 Å². The van der Waals surface area contributed by atoms with Crippen LogP contribution >= 0.6 is 0 Å². The van der Waals surface area contributed by atoms with Gasteiger partial charge in [0, 0.05) is 12.1 Å². The van der Waals surface area contributed by atoms with Crippen LogP contribution in [0.1, 0.15) is 22.3 Å². The van der Waals surface area contributed by atoms with Crippen LogP contribution in [0.4, 0.5) is 0 Å². The maximum absolute atomic E-state index is 11.7. The Morgan fingerprint density at radius 3 is 2.21 bits per heavy atom. The number of amides is 1. The van der Waals surface area contributed by atoms with E-state index in [2.05, 4.69) is 5.32 Å². The zero-order valence-corrected chi connectivity index (χ0v) is 10.4. The van der Waals surface area contributed by atoms with Crippen molar-refractivity contribution in [1.29, 1.82) is 0 Å². The van der Waals surface area contributed by atoms with Crippen LogP contribution in [0.5, 0.6) is 0 Å². The molecule has 0 fully saturated rings. The Hall–Kier alpha value is -2.37. The lowest BCUT2D eigenvalue weighted by Crippen LogP contribution is -2.34. The summed E-state index contributed by atoms with van der Waals surface area (Å²) in [6.45, 7) is 1.67. The van der Waals surface area contributed by atoms with Gasteiger partial charge < -0.3 is 15.5 Å². The van der Waals surface area contributed by atoms with Gasteiger partial charge in [0.2, 0.25) is 0 Å². The van der Waals surface area contributed by atoms with Crippen molar-refractivity contribution in [2.24, 2.45) is 5.92 Å². The Bertz CT molecular complexity index is 480. The summed E-state index contributed by atoms with van der Waals surface area (Å²) in [7, 11) is 0. The first-order chi connectivity index (χ1) is 8.90. The van der Waals surface area contributed by atoms with E-state index < -0.39 is 30.2 Å². The average molecular weight is 265 g/mol. The highest BCUT2D eigenvalue weighted by Gasteiger charge is 2.21. The molecule has 0 saturated carbocycles. The predicted molar refractivity (Wildman–Crippen MR) is 66.9 cm³/mol. The molecule has 0 aliphatic heterocycles. The van der Waals surface area contributed by atoms with Gasteiger partial charge in [0.05, 0.1) is 12.3 Å². The third kappa shape index (κ3) is 4.79. The first kappa shape index (κ1) is 14.7. The molecule has 3 N–H and O–H groups in total. The number of carbonyl (C=O) groups excluding carboxylic acids is 1. The van der Waals surface area contributed by atoms with E-state index in [4.69, 9.17) is 10.2 Å². The SMILES string of the molecule is Cc1ccc(C(=O)NCC(CC(=O)O)C(=O)O)cc1. The first-order valence-corrected chi connectivity index (χ1v) is 5.69. The maximum atomic E-state index is 11.7. The van der Waals surface area contributed by atoms with E-state index in [1.165, 1.54) is 0 Å². The zero-order chi connectivity index (χ0) is 14.4. The molecule has 0 aromatic heterocycles. The molecule has 6 heteroatoms. The Morgan fingerprint density at radius 2 is 1.74 bits per heavy atom. The number of aryl methyl sites for hydroxylation is 1. The average Bonchev–Trinajstić information content (AvgIpc) is 2.34. The van der Waals surface area contributed by atoms with E-state index in [9.17, 15) is 14.4 Å². The minimum absolute atomic E-state index is 0.214. The van der Waals surface area contributed by atoms with Gasteiger partial charge in [-0.15, -0.1) is 0 Å². The zero-order valence-electron chi connectivity index (χ0n) is 10.4. The van der Waals surface area contributed by atoms with Crippen molar-refractivity contribution < 1.29 is 24.6 Å². The van der Waals surface area contributed by atoms with Crippen LogP contribution in [-0.2, 0) is 9.59 Å². The van der Waals surface area contributed by atoms with Crippen molar-refractivity contribution >= 4 is 17.8 Å². The highest BCUT2D eigenvalue weighted by molar-refractivity contribution is 5.94. The minimum Gasteiger partial charge on any atom is -0.481 e. The van der Waals surface area contributed by atoms with Crippen LogP contribution < -0.4 is 5.32 Å². The molecule has 1 aromatic carbocycles. The lowest BCUT2D eigenvalue weighted by Gasteiger charge is -2.11. The van der Waals surface area contributed by atoms with E-state index in [-0.39, 0.29) is 6.54 Å². The molecule has 6 nitrogen and oxygen atoms in total. The summed E-state index contributed by atoms with van der Waals surface area (Å²) in [6, 6.07) is 6.77. The van der Waals surface area contributed by atoms with Crippen LogP contribution in [-0.4, -0.2) is 34.6 Å². The summed E-state index contributed by atoms with van der Waals surface area (Å²) >= 11 is 0. The highest BCUT2D eigenvalue weighted by atomic mass is 16.4. The molecule has 1 rings (SSSR count). The standard InChI is InChI=1S/C13H15NO5/c1-8-2-4-9(5-3-8)12(17)14-7-10(13(18)19)6-11(15)16/h2-5,10H,6-7H2,1H3,(H,14,17)(H,15,16)(H,18,19). The van der Waals surface area contributed by atoms with Crippen LogP contribution in [0.3, 0.4) is 0 Å². The van der Waals surface area contributed by atoms with Crippen molar-refractivity contribution in [3.63, 3.8) is 0 Å². The quantitative estimate of drug-likeness (QED) is 0.709. The van der Waals surface area contributed by atoms with Gasteiger partial charge in [0.15, 0.2) is 0 Å². The summed E-state index contributed by atoms with van der Waals surface area (Å²) in [4.78, 5) is 33.0. The monoisotopic (exact) mass is 265 g/mol. The largest absolute Gasteiger partial charge is 0.481 e. The number of hydrogen-bond donors (Lipinski definition) is 3. The fourth-order valence-electron chi connectivity index (χ4n) is 1.48. The second-order valence-electron chi connectivity index (χ2n) is 4.21. The van der Waals surface area contributed by atoms with E-state index in [1.807, 2.05) is 6.92 Å². The maximum Gasteiger partial charge on any atom is 0.308 e. The molecule has 0 spiro atoms. The van der Waals surface area contributed by atoms with Crippen molar-refractivity contribution in [2.75, 3.05) is 6.54 Å². The van der Waals surface area contributed by atoms with Gasteiger partial charge in [-0.25, -0.2) is 0 Å². The number of carbonyl (C=O) groups is 3. The van der Waals surface area contributed by atoms with Gasteiger partial charge in [0.25, 0.3) is 5.91 Å². The topological polar surface area (TPSA) is 104 Å². The van der Waals surface area contributed by atoms with Gasteiger partial charge in [-0.3, -0.25) is 14.4 Å². The summed E-state index contributed by atoms with van der Waals surface area (Å²) < 4.78 is 0. The van der Waals surface area contributed by atoms with Crippen molar-refractivity contribution in [1.82, 2.24) is 5.32 Å². The molecule has 0 radical (unpaired) electrons. The number of hydrogen-bond acceptors (Lipinski definition) is 3. The van der Waals surface area contributed by atoms with Gasteiger partial charge in [-0.1, -0.05) is 17.7 Å². The second-order valence-corrected chi connectivity index (χ2v) is 4.21. The molecule has 0 heterocycles. The molecular formula is C13H15NO5. The van der Waals surface area contributed by atoms with Crippen molar-refractivity contribution in [2.45, 2.75) is 13.3 Å². The number of rotatable bonds is 6. The molecule has 0 aliphatic rings. The van der Waals surface area contributed by atoms with Gasteiger partial charge in [0.1, 0.15) is 0 Å². The van der Waals surface area contributed by atoms with Crippen LogP contribution in [0, 0.1) is 12.8 Å². The minimum atomic E-state index is -1.24. The molecule has 1 amide bonds. The number of aliphatic carboxylic acids is 2. The molecule has 0 aliphatic carbocycles. The highest BCUT2D eigenvalue weighted by Crippen LogP contribution is 2.05. The molecule has 0 saturated heterocycles. The summed E-state index contributed by atoms with van der Waals surface area (Å²) in [6.07, 6.45) is -0.524. The summed E-state index contributed by atoms with van der Waals surface area (Å²) in [5.41, 5.74) is 1.41. The normalized spacial score (nSPS) is 11.6. The number of carboxylic acids is 2. The smallest absolute Gasteiger partial charge is 0.308 e. The number of nitrogens with one attached hydrogen (secondary N) is 1. The van der Waals surface area contributed by atoms with Crippen LogP contribution in [0.25, 0.3) is 0 Å². The predicted octanol–water partition coefficient (Wildman–Crippen LogP) is 0.900. The van der Waals surface area contributed by atoms with E-state index in [1.54, 1.807) is 24.3 Å². The molecule has 19 heavy (non-hydrogen) atoms. The Balaban J connectivity index is 2.59. The molecule has 1 unspecified atom stereocenters. The van der Waals surface area contributed by atoms with Crippen LogP contribution in [0.15, 0.2) is 24.3 Å². The lowest BCUT2D eigenvalue weighted by atomic mass is 10.1. The first-order valence-electron chi connectivity index (χ1n) is 5.69. The van der Waals surface area contributed by atoms with Gasteiger partial charge in [-0.05, 0) is 19.1 Å². The Labute approximate surface area is 110 Å². The van der Waals surface area contributed by atoms with Gasteiger partial charge in [-0.2, -0.15) is 0 Å². The van der Waals surface area contributed by atoms with Crippen molar-refractivity contribution in [3.8, 4) is 0 Å². The fourth-order valence-corrected chi connectivity index (χ4v) is 1.48. The van der Waals surface area contributed by atoms with Crippen LogP contribution in [0.2, 0.25) is 0 Å². The van der Waals surface area contributed by atoms with E-state index in [0.29, 0.717) is 5.56 Å². The third-order valence-corrected chi connectivity index (χ3v) is 2.59. The number of carboxylic acid groups (broad SMARTS) is 2. The molecule has 0 bridgehead atoms. The molecular weight excluding hydrogens is 250 g/mol. The molecule has 102 valence electrons. The fraction of sp³-hybridized carbons (Fsp3) is 0.308. The molecule has 1 atom stereocenters. The summed E-state index contributed by atoms with van der Waals surface area (Å²) in [5, 5.41) is 19.8. The summed E-state index contributed by atoms with van der Waals surface area (Å²) in [5.74, 6) is -4.01. The van der Waals surface area contributed by atoms with E-state index >= 15 is 0 Å². The molecule has 1 aromatic rings. The second kappa shape index (κ2) is 6.53. The lowest BCUT2D eigenvalue weighted by molar-refractivity contribution is -0.148. The number of benzene rings is 1. The Morgan fingerprint density at radius 1 is 1.16 bits per heavy atom. The Kier molecular flexibility index (Phi) is 5.05.